The van der Waals surface area contributed by atoms with Gasteiger partial charge in [0.05, 0.1) is 4.92 Å². The highest BCUT2D eigenvalue weighted by molar-refractivity contribution is 5.93. The first kappa shape index (κ1) is 12.1. The van der Waals surface area contributed by atoms with Crippen LogP contribution in [0.5, 0.6) is 0 Å². The highest BCUT2D eigenvalue weighted by Gasteiger charge is 2.12. The Labute approximate surface area is 92.0 Å². The Kier molecular flexibility index (Phi) is 3.96. The number of benzene rings is 1. The minimum absolute atomic E-state index is 0.0472. The molecule has 0 bridgehead atoms. The molecule has 0 aliphatic heterocycles. The predicted octanol–water partition coefficient (Wildman–Crippen LogP) is 1.30. The van der Waals surface area contributed by atoms with Crippen molar-refractivity contribution in [3.8, 4) is 0 Å². The number of non-ortho nitro benzene ring substituents is 1. The first-order valence-electron chi connectivity index (χ1n) is 4.78. The van der Waals surface area contributed by atoms with Crippen molar-refractivity contribution >= 4 is 17.3 Å². The molecule has 6 nitrogen and oxygen atoms in total. The Hall–Kier alpha value is -1.95. The first-order valence-corrected chi connectivity index (χ1v) is 4.78. The zero-order chi connectivity index (χ0) is 12.1. The average molecular weight is 224 g/mol. The molecule has 1 atom stereocenters. The number of carbonyl (C=O) groups excluding carboxylic acids is 1. The predicted molar refractivity (Wildman–Crippen MR) is 58.0 cm³/mol. The van der Waals surface area contributed by atoms with E-state index in [0.29, 0.717) is 12.1 Å². The lowest BCUT2D eigenvalue weighted by atomic mass is 10.2. The van der Waals surface area contributed by atoms with Crippen LogP contribution < -0.4 is 5.32 Å². The van der Waals surface area contributed by atoms with Crippen molar-refractivity contribution in [1.82, 2.24) is 0 Å². The van der Waals surface area contributed by atoms with Crippen molar-refractivity contribution in [1.29, 1.82) is 0 Å². The fourth-order valence-corrected chi connectivity index (χ4v) is 1.08. The van der Waals surface area contributed by atoms with Crippen molar-refractivity contribution in [2.75, 3.05) is 5.32 Å². The number of aliphatic hydroxyl groups excluding tert-OH is 1. The van der Waals surface area contributed by atoms with Crippen molar-refractivity contribution in [2.45, 2.75) is 19.4 Å². The maximum Gasteiger partial charge on any atom is 0.269 e. The Balaban J connectivity index is 2.69. The maximum atomic E-state index is 11.3. The van der Waals surface area contributed by atoms with Crippen LogP contribution in [0, 0.1) is 10.1 Å². The van der Waals surface area contributed by atoms with E-state index in [2.05, 4.69) is 5.32 Å². The largest absolute Gasteiger partial charge is 0.383 e. The topological polar surface area (TPSA) is 92.5 Å². The van der Waals surface area contributed by atoms with E-state index in [1.807, 2.05) is 0 Å². The smallest absolute Gasteiger partial charge is 0.269 e. The van der Waals surface area contributed by atoms with Gasteiger partial charge in [-0.25, -0.2) is 0 Å². The van der Waals surface area contributed by atoms with Gasteiger partial charge in [0.15, 0.2) is 0 Å². The molecule has 1 rings (SSSR count). The monoisotopic (exact) mass is 224 g/mol. The van der Waals surface area contributed by atoms with Crippen LogP contribution in [0.25, 0.3) is 0 Å². The van der Waals surface area contributed by atoms with Gasteiger partial charge in [0.25, 0.3) is 11.6 Å². The second-order valence-electron chi connectivity index (χ2n) is 3.22. The molecule has 2 N–H and O–H groups in total. The van der Waals surface area contributed by atoms with Gasteiger partial charge in [0, 0.05) is 17.8 Å². The second-order valence-corrected chi connectivity index (χ2v) is 3.22. The number of nitrogens with one attached hydrogen (secondary N) is 1. The first-order chi connectivity index (χ1) is 7.54. The number of hydrogen-bond acceptors (Lipinski definition) is 4. The van der Waals surface area contributed by atoms with Gasteiger partial charge in [-0.15, -0.1) is 0 Å². The molecule has 0 aliphatic carbocycles. The summed E-state index contributed by atoms with van der Waals surface area (Å²) in [6.45, 7) is 1.68. The van der Waals surface area contributed by atoms with Crippen molar-refractivity contribution in [3.63, 3.8) is 0 Å². The summed E-state index contributed by atoms with van der Waals surface area (Å²) in [6.07, 6.45) is -0.742. The lowest BCUT2D eigenvalue weighted by Crippen LogP contribution is -2.26. The van der Waals surface area contributed by atoms with Crippen molar-refractivity contribution in [2.24, 2.45) is 0 Å². The van der Waals surface area contributed by atoms with Gasteiger partial charge >= 0.3 is 0 Å². The summed E-state index contributed by atoms with van der Waals surface area (Å²) in [4.78, 5) is 21.1. The average Bonchev–Trinajstić information content (AvgIpc) is 2.28. The van der Waals surface area contributed by atoms with Gasteiger partial charge in [0.1, 0.15) is 6.10 Å². The number of hydrogen-bond donors (Lipinski definition) is 2. The lowest BCUT2D eigenvalue weighted by Gasteiger charge is -2.08. The highest BCUT2D eigenvalue weighted by Crippen LogP contribution is 2.15. The Morgan fingerprint density at radius 2 is 2.06 bits per heavy atom. The van der Waals surface area contributed by atoms with Crippen LogP contribution in [0.4, 0.5) is 11.4 Å². The van der Waals surface area contributed by atoms with E-state index >= 15 is 0 Å². The third kappa shape index (κ3) is 3.03. The Bertz CT molecular complexity index is 388. The Morgan fingerprint density at radius 3 is 2.50 bits per heavy atom. The summed E-state index contributed by atoms with van der Waals surface area (Å²) in [5, 5.41) is 22.0. The van der Waals surface area contributed by atoms with Gasteiger partial charge < -0.3 is 10.4 Å². The van der Waals surface area contributed by atoms with Crippen LogP contribution in [0.1, 0.15) is 13.3 Å². The van der Waals surface area contributed by atoms with E-state index in [1.54, 1.807) is 6.92 Å². The molecule has 1 amide bonds. The van der Waals surface area contributed by atoms with Gasteiger partial charge in [-0.1, -0.05) is 6.92 Å². The van der Waals surface area contributed by atoms with Gasteiger partial charge in [-0.3, -0.25) is 14.9 Å². The lowest BCUT2D eigenvalue weighted by molar-refractivity contribution is -0.384. The molecular weight excluding hydrogens is 212 g/mol. The minimum Gasteiger partial charge on any atom is -0.383 e. The van der Waals surface area contributed by atoms with Gasteiger partial charge in [0.2, 0.25) is 0 Å². The maximum absolute atomic E-state index is 11.3. The summed E-state index contributed by atoms with van der Waals surface area (Å²) in [5.74, 6) is -0.517. The molecule has 16 heavy (non-hydrogen) atoms. The number of nitro groups is 1. The molecule has 0 fully saturated rings. The summed E-state index contributed by atoms with van der Waals surface area (Å²) in [6, 6.07) is 5.40. The normalized spacial score (nSPS) is 11.9. The number of nitro benzene ring substituents is 1. The Morgan fingerprint density at radius 1 is 1.50 bits per heavy atom. The fraction of sp³-hybridized carbons (Fsp3) is 0.300. The van der Waals surface area contributed by atoms with Crippen LogP contribution in [-0.2, 0) is 4.79 Å². The van der Waals surface area contributed by atoms with Crippen LogP contribution in [0.3, 0.4) is 0 Å². The number of amides is 1. The molecule has 0 saturated heterocycles. The SMILES string of the molecule is CCC(O)C(=O)Nc1ccc([N+](=O)[O-])cc1. The van der Waals surface area contributed by atoms with E-state index in [0.717, 1.165) is 0 Å². The summed E-state index contributed by atoms with van der Waals surface area (Å²) >= 11 is 0. The third-order valence-corrected chi connectivity index (χ3v) is 2.04. The molecule has 1 aromatic carbocycles. The molecular formula is C10H12N2O4. The zero-order valence-electron chi connectivity index (χ0n) is 8.71. The molecule has 1 aromatic rings. The second kappa shape index (κ2) is 5.22. The summed E-state index contributed by atoms with van der Waals surface area (Å²) in [7, 11) is 0. The molecule has 86 valence electrons. The van der Waals surface area contributed by atoms with Crippen molar-refractivity contribution in [3.05, 3.63) is 34.4 Å². The fourth-order valence-electron chi connectivity index (χ4n) is 1.08. The van der Waals surface area contributed by atoms with E-state index in [4.69, 9.17) is 0 Å². The standard InChI is InChI=1S/C10H12N2O4/c1-2-9(13)10(14)11-7-3-5-8(6-4-7)12(15)16/h3-6,9,13H,2H2,1H3,(H,11,14). The van der Waals surface area contributed by atoms with Gasteiger partial charge in [-0.05, 0) is 18.6 Å². The summed E-state index contributed by atoms with van der Waals surface area (Å²) in [5.41, 5.74) is 0.372. The quantitative estimate of drug-likeness (QED) is 0.595. The molecule has 0 saturated carbocycles. The number of anilines is 1. The van der Waals surface area contributed by atoms with Gasteiger partial charge in [-0.2, -0.15) is 0 Å². The molecule has 1 unspecified atom stereocenters. The molecule has 0 aromatic heterocycles. The van der Waals surface area contributed by atoms with Crippen LogP contribution >= 0.6 is 0 Å². The van der Waals surface area contributed by atoms with Crippen LogP contribution in [0.2, 0.25) is 0 Å². The van der Waals surface area contributed by atoms with E-state index in [9.17, 15) is 20.0 Å². The molecule has 0 spiro atoms. The van der Waals surface area contributed by atoms with E-state index < -0.39 is 16.9 Å². The summed E-state index contributed by atoms with van der Waals surface area (Å²) < 4.78 is 0. The molecule has 0 aliphatic rings. The van der Waals surface area contributed by atoms with Crippen LogP contribution in [-0.4, -0.2) is 22.0 Å². The zero-order valence-corrected chi connectivity index (χ0v) is 8.71. The van der Waals surface area contributed by atoms with Crippen molar-refractivity contribution < 1.29 is 14.8 Å². The number of rotatable bonds is 4. The minimum atomic E-state index is -1.06. The number of nitrogens with zero attached hydrogens (tertiary/aromatic N) is 1. The van der Waals surface area contributed by atoms with E-state index in [1.165, 1.54) is 24.3 Å². The molecule has 0 heterocycles. The number of aliphatic hydroxyl groups is 1. The molecule has 6 heteroatoms. The molecule has 0 radical (unpaired) electrons. The van der Waals surface area contributed by atoms with E-state index in [-0.39, 0.29) is 5.69 Å². The number of carbonyl (C=O) groups is 1. The van der Waals surface area contributed by atoms with Crippen LogP contribution in [0.15, 0.2) is 24.3 Å². The highest BCUT2D eigenvalue weighted by atomic mass is 16.6. The third-order valence-electron chi connectivity index (χ3n) is 2.04.